The summed E-state index contributed by atoms with van der Waals surface area (Å²) < 4.78 is 7.46. The molecule has 0 unspecified atom stereocenters. The number of nitrogens with one attached hydrogen (secondary N) is 2. The summed E-state index contributed by atoms with van der Waals surface area (Å²) in [7, 11) is 1.73. The fourth-order valence-electron chi connectivity index (χ4n) is 3.24. The van der Waals surface area contributed by atoms with Crippen molar-refractivity contribution in [2.24, 2.45) is 5.41 Å². The van der Waals surface area contributed by atoms with Crippen LogP contribution in [0.4, 0.5) is 0 Å². The van der Waals surface area contributed by atoms with E-state index in [2.05, 4.69) is 34.0 Å². The molecule has 6 nitrogen and oxygen atoms in total. The SMILES string of the molecule is COCC1(CNC(=O)CCn2ccnc2C(C)C)CCNCC1.Cl.Cl. The lowest BCUT2D eigenvalue weighted by atomic mass is 9.79. The number of nitrogens with zero attached hydrogens (tertiary/aromatic N) is 2. The van der Waals surface area contributed by atoms with Gasteiger partial charge in [0.05, 0.1) is 6.61 Å². The highest BCUT2D eigenvalue weighted by Crippen LogP contribution is 2.28. The molecule has 8 heteroatoms. The van der Waals surface area contributed by atoms with Crippen LogP contribution in [0.25, 0.3) is 0 Å². The van der Waals surface area contributed by atoms with E-state index in [1.54, 1.807) is 13.3 Å². The average Bonchev–Trinajstić information content (AvgIpc) is 3.01. The topological polar surface area (TPSA) is 68.2 Å². The number of hydrogen-bond donors (Lipinski definition) is 2. The first-order valence-corrected chi connectivity index (χ1v) is 8.54. The highest BCUT2D eigenvalue weighted by Gasteiger charge is 2.32. The second-order valence-corrected chi connectivity index (χ2v) is 6.84. The van der Waals surface area contributed by atoms with Gasteiger partial charge < -0.3 is 19.9 Å². The number of aromatic nitrogens is 2. The molecule has 1 aliphatic rings. The molecule has 1 saturated heterocycles. The Morgan fingerprint density at radius 1 is 1.40 bits per heavy atom. The van der Waals surface area contributed by atoms with Crippen molar-refractivity contribution in [2.75, 3.05) is 33.4 Å². The van der Waals surface area contributed by atoms with Crippen LogP contribution in [0, 0.1) is 5.41 Å². The number of rotatable bonds is 8. The number of hydrogen-bond acceptors (Lipinski definition) is 4. The molecule has 0 radical (unpaired) electrons. The normalized spacial score (nSPS) is 16.0. The van der Waals surface area contributed by atoms with Gasteiger partial charge >= 0.3 is 0 Å². The smallest absolute Gasteiger partial charge is 0.221 e. The lowest BCUT2D eigenvalue weighted by Crippen LogP contribution is -2.47. The second-order valence-electron chi connectivity index (χ2n) is 6.84. The van der Waals surface area contributed by atoms with Crippen molar-refractivity contribution in [2.45, 2.75) is 45.6 Å². The highest BCUT2D eigenvalue weighted by molar-refractivity contribution is 5.85. The minimum Gasteiger partial charge on any atom is -0.384 e. The fraction of sp³-hybridized carbons (Fsp3) is 0.765. The molecule has 1 aromatic heterocycles. The van der Waals surface area contributed by atoms with Gasteiger partial charge in [-0.2, -0.15) is 0 Å². The van der Waals surface area contributed by atoms with Gasteiger partial charge in [0.25, 0.3) is 0 Å². The van der Waals surface area contributed by atoms with E-state index in [1.807, 2.05) is 6.20 Å². The van der Waals surface area contributed by atoms with Crippen molar-refractivity contribution in [3.05, 3.63) is 18.2 Å². The zero-order chi connectivity index (χ0) is 16.7. The molecule has 1 fully saturated rings. The second kappa shape index (κ2) is 11.7. The Hall–Kier alpha value is -0.820. The molecule has 0 atom stereocenters. The van der Waals surface area contributed by atoms with Gasteiger partial charge in [0, 0.05) is 50.3 Å². The van der Waals surface area contributed by atoms with Gasteiger partial charge in [-0.1, -0.05) is 13.8 Å². The fourth-order valence-corrected chi connectivity index (χ4v) is 3.24. The lowest BCUT2D eigenvalue weighted by molar-refractivity contribution is -0.122. The molecule has 2 heterocycles. The van der Waals surface area contributed by atoms with Crippen LogP contribution in [0.15, 0.2) is 12.4 Å². The number of methoxy groups -OCH3 is 1. The van der Waals surface area contributed by atoms with E-state index < -0.39 is 0 Å². The Morgan fingerprint density at radius 2 is 2.08 bits per heavy atom. The van der Waals surface area contributed by atoms with Gasteiger partial charge in [-0.15, -0.1) is 24.8 Å². The van der Waals surface area contributed by atoms with Crippen molar-refractivity contribution in [1.29, 1.82) is 0 Å². The quantitative estimate of drug-likeness (QED) is 0.709. The van der Waals surface area contributed by atoms with Crippen LogP contribution in [-0.2, 0) is 16.1 Å². The van der Waals surface area contributed by atoms with Crippen LogP contribution in [0.2, 0.25) is 0 Å². The molecule has 1 aromatic rings. The number of aryl methyl sites for hydroxylation is 1. The highest BCUT2D eigenvalue weighted by atomic mass is 35.5. The molecule has 0 spiro atoms. The number of ether oxygens (including phenoxy) is 1. The van der Waals surface area contributed by atoms with Crippen LogP contribution in [-0.4, -0.2) is 48.8 Å². The van der Waals surface area contributed by atoms with E-state index >= 15 is 0 Å². The van der Waals surface area contributed by atoms with Gasteiger partial charge in [0.1, 0.15) is 5.82 Å². The Balaban J connectivity index is 0.00000288. The van der Waals surface area contributed by atoms with E-state index in [-0.39, 0.29) is 36.1 Å². The summed E-state index contributed by atoms with van der Waals surface area (Å²) in [5, 5.41) is 6.48. The van der Waals surface area contributed by atoms with Crippen molar-refractivity contribution < 1.29 is 9.53 Å². The first-order valence-electron chi connectivity index (χ1n) is 8.54. The van der Waals surface area contributed by atoms with Crippen molar-refractivity contribution in [1.82, 2.24) is 20.2 Å². The predicted octanol–water partition coefficient (Wildman–Crippen LogP) is 2.37. The van der Waals surface area contributed by atoms with E-state index in [4.69, 9.17) is 4.74 Å². The molecule has 146 valence electrons. The molecule has 0 bridgehead atoms. The summed E-state index contributed by atoms with van der Waals surface area (Å²) in [6.45, 7) is 8.29. The Labute approximate surface area is 163 Å². The van der Waals surface area contributed by atoms with Crippen LogP contribution < -0.4 is 10.6 Å². The van der Waals surface area contributed by atoms with Gasteiger partial charge in [-0.05, 0) is 25.9 Å². The van der Waals surface area contributed by atoms with Gasteiger partial charge in [-0.25, -0.2) is 4.98 Å². The Bertz CT molecular complexity index is 497. The lowest BCUT2D eigenvalue weighted by Gasteiger charge is -2.37. The molecule has 2 rings (SSSR count). The maximum Gasteiger partial charge on any atom is 0.221 e. The van der Waals surface area contributed by atoms with E-state index in [0.29, 0.717) is 32.0 Å². The number of imidazole rings is 1. The average molecular weight is 395 g/mol. The summed E-state index contributed by atoms with van der Waals surface area (Å²) in [4.78, 5) is 16.6. The van der Waals surface area contributed by atoms with E-state index in [0.717, 1.165) is 31.8 Å². The number of carbonyl (C=O) groups excluding carboxylic acids is 1. The zero-order valence-electron chi connectivity index (χ0n) is 15.4. The van der Waals surface area contributed by atoms with Crippen molar-refractivity contribution >= 4 is 30.7 Å². The summed E-state index contributed by atoms with van der Waals surface area (Å²) in [5.41, 5.74) is 0.0771. The molecular weight excluding hydrogens is 363 g/mol. The molecule has 2 N–H and O–H groups in total. The maximum absolute atomic E-state index is 12.2. The van der Waals surface area contributed by atoms with Crippen LogP contribution >= 0.6 is 24.8 Å². The molecule has 1 amide bonds. The Kier molecular flexibility index (Phi) is 11.3. The predicted molar refractivity (Wildman–Crippen MR) is 105 cm³/mol. The van der Waals surface area contributed by atoms with E-state index in [9.17, 15) is 4.79 Å². The van der Waals surface area contributed by atoms with Crippen molar-refractivity contribution in [3.63, 3.8) is 0 Å². The number of halogens is 2. The molecular formula is C17H32Cl2N4O2. The van der Waals surface area contributed by atoms with Gasteiger partial charge in [0.2, 0.25) is 5.91 Å². The third-order valence-electron chi connectivity index (χ3n) is 4.62. The zero-order valence-corrected chi connectivity index (χ0v) is 17.0. The first-order chi connectivity index (χ1) is 11.1. The molecule has 25 heavy (non-hydrogen) atoms. The third kappa shape index (κ3) is 7.13. The number of amides is 1. The summed E-state index contributed by atoms with van der Waals surface area (Å²) in [6.07, 6.45) is 6.31. The van der Waals surface area contributed by atoms with Gasteiger partial charge in [0.15, 0.2) is 0 Å². The van der Waals surface area contributed by atoms with Crippen molar-refractivity contribution in [3.8, 4) is 0 Å². The Morgan fingerprint density at radius 3 is 2.68 bits per heavy atom. The molecule has 0 aliphatic carbocycles. The minimum atomic E-state index is 0. The largest absolute Gasteiger partial charge is 0.384 e. The maximum atomic E-state index is 12.2. The van der Waals surface area contributed by atoms with Crippen LogP contribution in [0.5, 0.6) is 0 Å². The standard InChI is InChI=1S/C17H30N4O2.2ClH/c1-14(2)16-19-9-11-21(16)10-4-15(22)20-12-17(13-23-3)5-7-18-8-6-17;;/h9,11,14,18H,4-8,10,12-13H2,1-3H3,(H,20,22);2*1H. The summed E-state index contributed by atoms with van der Waals surface area (Å²) in [5.74, 6) is 1.50. The van der Waals surface area contributed by atoms with E-state index in [1.165, 1.54) is 0 Å². The number of carbonyl (C=O) groups is 1. The van der Waals surface area contributed by atoms with Gasteiger partial charge in [-0.3, -0.25) is 4.79 Å². The third-order valence-corrected chi connectivity index (χ3v) is 4.62. The van der Waals surface area contributed by atoms with Crippen LogP contribution in [0.1, 0.15) is 44.9 Å². The minimum absolute atomic E-state index is 0. The summed E-state index contributed by atoms with van der Waals surface area (Å²) >= 11 is 0. The molecule has 0 aromatic carbocycles. The summed E-state index contributed by atoms with van der Waals surface area (Å²) in [6, 6.07) is 0. The monoisotopic (exact) mass is 394 g/mol. The molecule has 1 aliphatic heterocycles. The number of piperidine rings is 1. The molecule has 0 saturated carbocycles. The van der Waals surface area contributed by atoms with Crippen LogP contribution in [0.3, 0.4) is 0 Å². The first kappa shape index (κ1) is 24.2.